The average molecular weight is 355 g/mol. The Morgan fingerprint density at radius 3 is 2.58 bits per heavy atom. The molecule has 1 amide bonds. The Bertz CT molecular complexity index is 727. The molecule has 4 nitrogen and oxygen atoms in total. The van der Waals surface area contributed by atoms with Crippen LogP contribution in [0.2, 0.25) is 0 Å². The number of ether oxygens (including phenoxy) is 2. The third-order valence-electron chi connectivity index (χ3n) is 4.38. The van der Waals surface area contributed by atoms with Crippen molar-refractivity contribution >= 4 is 5.91 Å². The molecule has 1 unspecified atom stereocenters. The molecule has 2 aromatic rings. The number of carbonyl (C=O) groups is 1. The van der Waals surface area contributed by atoms with Crippen molar-refractivity contribution < 1.29 is 14.3 Å². The van der Waals surface area contributed by atoms with Gasteiger partial charge in [0.05, 0.1) is 7.11 Å². The Morgan fingerprint density at radius 2 is 1.88 bits per heavy atom. The molecule has 140 valence electrons. The number of rotatable bonds is 9. The molecule has 26 heavy (non-hydrogen) atoms. The molecule has 1 N–H and O–H groups in total. The minimum absolute atomic E-state index is 0.0625. The van der Waals surface area contributed by atoms with Crippen molar-refractivity contribution in [2.24, 2.45) is 0 Å². The zero-order valence-corrected chi connectivity index (χ0v) is 16.2. The lowest BCUT2D eigenvalue weighted by Gasteiger charge is -2.19. The Hall–Kier alpha value is -2.49. The first-order valence-electron chi connectivity index (χ1n) is 9.18. The quantitative estimate of drug-likeness (QED) is 0.685. The summed E-state index contributed by atoms with van der Waals surface area (Å²) in [6.07, 6.45) is 1.87. The van der Waals surface area contributed by atoms with Crippen molar-refractivity contribution in [2.75, 3.05) is 13.7 Å². The molecular formula is C22H29NO3. The molecular weight excluding hydrogens is 326 g/mol. The highest BCUT2D eigenvalue weighted by Crippen LogP contribution is 2.21. The first-order valence-corrected chi connectivity index (χ1v) is 9.18. The van der Waals surface area contributed by atoms with E-state index in [0.29, 0.717) is 13.0 Å². The zero-order valence-electron chi connectivity index (χ0n) is 16.2. The molecule has 0 radical (unpaired) electrons. The van der Waals surface area contributed by atoms with Crippen molar-refractivity contribution in [3.8, 4) is 11.5 Å². The SMILES string of the molecule is CCC(Oc1ccc(C)cc1C)C(=O)NCCCc1ccccc1OC. The molecule has 0 fully saturated rings. The molecule has 0 aromatic heterocycles. The Labute approximate surface area is 156 Å². The van der Waals surface area contributed by atoms with Gasteiger partial charge in [0.25, 0.3) is 5.91 Å². The van der Waals surface area contributed by atoms with Gasteiger partial charge < -0.3 is 14.8 Å². The lowest BCUT2D eigenvalue weighted by molar-refractivity contribution is -0.128. The van der Waals surface area contributed by atoms with Gasteiger partial charge in [-0.2, -0.15) is 0 Å². The van der Waals surface area contributed by atoms with Gasteiger partial charge in [-0.25, -0.2) is 0 Å². The lowest BCUT2D eigenvalue weighted by atomic mass is 10.1. The van der Waals surface area contributed by atoms with Crippen molar-refractivity contribution in [2.45, 2.75) is 46.1 Å². The predicted molar refractivity (Wildman–Crippen MR) is 105 cm³/mol. The minimum Gasteiger partial charge on any atom is -0.496 e. The predicted octanol–water partition coefficient (Wildman–Crippen LogP) is 4.22. The number of hydrogen-bond donors (Lipinski definition) is 1. The summed E-state index contributed by atoms with van der Waals surface area (Å²) in [7, 11) is 1.68. The number of nitrogens with one attached hydrogen (secondary N) is 1. The van der Waals surface area contributed by atoms with Crippen LogP contribution in [0.15, 0.2) is 42.5 Å². The third kappa shape index (κ3) is 5.51. The van der Waals surface area contributed by atoms with Crippen LogP contribution in [0.5, 0.6) is 11.5 Å². The van der Waals surface area contributed by atoms with Crippen LogP contribution in [0.25, 0.3) is 0 Å². The van der Waals surface area contributed by atoms with E-state index in [0.717, 1.165) is 35.5 Å². The van der Waals surface area contributed by atoms with E-state index < -0.39 is 6.10 Å². The van der Waals surface area contributed by atoms with Gasteiger partial charge in [-0.15, -0.1) is 0 Å². The monoisotopic (exact) mass is 355 g/mol. The van der Waals surface area contributed by atoms with E-state index in [4.69, 9.17) is 9.47 Å². The Kier molecular flexibility index (Phi) is 7.52. The number of aryl methyl sites for hydroxylation is 3. The van der Waals surface area contributed by atoms with E-state index in [1.807, 2.05) is 51.1 Å². The second-order valence-electron chi connectivity index (χ2n) is 6.49. The number of hydrogen-bond acceptors (Lipinski definition) is 3. The first-order chi connectivity index (χ1) is 12.5. The van der Waals surface area contributed by atoms with Crippen LogP contribution in [0.1, 0.15) is 36.5 Å². The second-order valence-corrected chi connectivity index (χ2v) is 6.49. The molecule has 0 aliphatic heterocycles. The summed E-state index contributed by atoms with van der Waals surface area (Å²) in [5, 5.41) is 2.99. The van der Waals surface area contributed by atoms with Crippen molar-refractivity contribution in [3.63, 3.8) is 0 Å². The highest BCUT2D eigenvalue weighted by molar-refractivity contribution is 5.81. The molecule has 0 saturated carbocycles. The van der Waals surface area contributed by atoms with Gasteiger partial charge in [0.15, 0.2) is 6.10 Å². The minimum atomic E-state index is -0.470. The third-order valence-corrected chi connectivity index (χ3v) is 4.38. The maximum absolute atomic E-state index is 12.4. The summed E-state index contributed by atoms with van der Waals surface area (Å²) in [6.45, 7) is 6.62. The zero-order chi connectivity index (χ0) is 18.9. The lowest BCUT2D eigenvalue weighted by Crippen LogP contribution is -2.38. The highest BCUT2D eigenvalue weighted by atomic mass is 16.5. The maximum Gasteiger partial charge on any atom is 0.261 e. The van der Waals surface area contributed by atoms with E-state index in [1.54, 1.807) is 7.11 Å². The fraction of sp³-hybridized carbons (Fsp3) is 0.409. The van der Waals surface area contributed by atoms with Gasteiger partial charge in [-0.1, -0.05) is 42.8 Å². The Morgan fingerprint density at radius 1 is 1.12 bits per heavy atom. The summed E-state index contributed by atoms with van der Waals surface area (Å²) in [5.41, 5.74) is 3.39. The molecule has 2 rings (SSSR count). The van der Waals surface area contributed by atoms with E-state index in [-0.39, 0.29) is 5.91 Å². The first kappa shape index (κ1) is 19.8. The molecule has 0 bridgehead atoms. The van der Waals surface area contributed by atoms with E-state index in [1.165, 1.54) is 5.56 Å². The summed E-state index contributed by atoms with van der Waals surface area (Å²) in [5.74, 6) is 1.60. The molecule has 0 aliphatic rings. The summed E-state index contributed by atoms with van der Waals surface area (Å²) >= 11 is 0. The fourth-order valence-electron chi connectivity index (χ4n) is 2.92. The molecule has 0 heterocycles. The Balaban J connectivity index is 1.83. The fourth-order valence-corrected chi connectivity index (χ4v) is 2.92. The van der Waals surface area contributed by atoms with Crippen LogP contribution < -0.4 is 14.8 Å². The van der Waals surface area contributed by atoms with Gasteiger partial charge in [-0.05, 0) is 56.4 Å². The van der Waals surface area contributed by atoms with Crippen LogP contribution in [-0.2, 0) is 11.2 Å². The van der Waals surface area contributed by atoms with Crippen LogP contribution >= 0.6 is 0 Å². The summed E-state index contributed by atoms with van der Waals surface area (Å²) in [4.78, 5) is 12.4. The van der Waals surface area contributed by atoms with Crippen LogP contribution in [0.3, 0.4) is 0 Å². The summed E-state index contributed by atoms with van der Waals surface area (Å²) in [6, 6.07) is 14.0. The number of benzene rings is 2. The van der Waals surface area contributed by atoms with E-state index in [2.05, 4.69) is 17.4 Å². The standard InChI is InChI=1S/C22H29NO3/c1-5-19(26-20-13-12-16(2)15-17(20)3)22(24)23-14-8-10-18-9-6-7-11-21(18)25-4/h6-7,9,11-13,15,19H,5,8,10,14H2,1-4H3,(H,23,24). The van der Waals surface area contributed by atoms with Crippen LogP contribution in [0, 0.1) is 13.8 Å². The topological polar surface area (TPSA) is 47.6 Å². The smallest absolute Gasteiger partial charge is 0.261 e. The molecule has 1 atom stereocenters. The van der Waals surface area contributed by atoms with Gasteiger partial charge in [-0.3, -0.25) is 4.79 Å². The highest BCUT2D eigenvalue weighted by Gasteiger charge is 2.18. The molecule has 0 saturated heterocycles. The van der Waals surface area contributed by atoms with Gasteiger partial charge >= 0.3 is 0 Å². The normalized spacial score (nSPS) is 11.7. The van der Waals surface area contributed by atoms with Crippen LogP contribution in [-0.4, -0.2) is 25.7 Å². The molecule has 0 aliphatic carbocycles. The van der Waals surface area contributed by atoms with Crippen LogP contribution in [0.4, 0.5) is 0 Å². The van der Waals surface area contributed by atoms with Crippen molar-refractivity contribution in [1.82, 2.24) is 5.32 Å². The van der Waals surface area contributed by atoms with Gasteiger partial charge in [0.1, 0.15) is 11.5 Å². The van der Waals surface area contributed by atoms with Crippen molar-refractivity contribution in [1.29, 1.82) is 0 Å². The molecule has 4 heteroatoms. The van der Waals surface area contributed by atoms with E-state index >= 15 is 0 Å². The maximum atomic E-state index is 12.4. The number of carbonyl (C=O) groups excluding carboxylic acids is 1. The second kappa shape index (κ2) is 9.85. The molecule has 0 spiro atoms. The van der Waals surface area contributed by atoms with Gasteiger partial charge in [0.2, 0.25) is 0 Å². The number of amides is 1. The average Bonchev–Trinajstić information content (AvgIpc) is 2.64. The molecule has 2 aromatic carbocycles. The number of methoxy groups -OCH3 is 1. The van der Waals surface area contributed by atoms with Gasteiger partial charge in [0, 0.05) is 6.54 Å². The summed E-state index contributed by atoms with van der Waals surface area (Å²) < 4.78 is 11.3. The van der Waals surface area contributed by atoms with E-state index in [9.17, 15) is 4.79 Å². The largest absolute Gasteiger partial charge is 0.496 e. The van der Waals surface area contributed by atoms with Crippen molar-refractivity contribution in [3.05, 3.63) is 59.2 Å². The number of para-hydroxylation sites is 1.